The van der Waals surface area contributed by atoms with E-state index in [1.165, 1.54) is 6.07 Å². The highest BCUT2D eigenvalue weighted by Crippen LogP contribution is 2.35. The van der Waals surface area contributed by atoms with Crippen LogP contribution >= 0.6 is 24.0 Å². The van der Waals surface area contributed by atoms with Gasteiger partial charge in [-0.15, -0.1) is 12.4 Å². The number of amides is 1. The van der Waals surface area contributed by atoms with Crippen molar-refractivity contribution >= 4 is 41.7 Å². The third-order valence-corrected chi connectivity index (χ3v) is 5.63. The zero-order chi connectivity index (χ0) is 22.8. The van der Waals surface area contributed by atoms with E-state index in [4.69, 9.17) is 11.6 Å². The standard InChI is InChI=1S/C21H25ClF3N5O.ClH/c1-12-11-26-20(29-18(12)30(2)3)28-15-7-5-14(6-8-15)27-19(31)13-4-9-17(22)16(10-13)21(23,24)25;/h4,9-11,14-15H,5-8H2,1-3H3,(H,27,31)(H,26,28,29);1H. The number of hydrogen-bond acceptors (Lipinski definition) is 5. The topological polar surface area (TPSA) is 70.1 Å². The van der Waals surface area contributed by atoms with E-state index in [1.807, 2.05) is 25.9 Å². The van der Waals surface area contributed by atoms with E-state index < -0.39 is 22.7 Å². The Bertz CT molecular complexity index is 948. The fourth-order valence-corrected chi connectivity index (χ4v) is 3.90. The van der Waals surface area contributed by atoms with Gasteiger partial charge in [-0.25, -0.2) is 4.98 Å². The Balaban J connectivity index is 0.00000363. The monoisotopic (exact) mass is 491 g/mol. The number of anilines is 2. The van der Waals surface area contributed by atoms with E-state index >= 15 is 0 Å². The Morgan fingerprint density at radius 1 is 1.16 bits per heavy atom. The number of aryl methyl sites for hydroxylation is 1. The van der Waals surface area contributed by atoms with Crippen LogP contribution in [0.3, 0.4) is 0 Å². The van der Waals surface area contributed by atoms with Crippen LogP contribution in [-0.4, -0.2) is 42.1 Å². The zero-order valence-electron chi connectivity index (χ0n) is 18.0. The maximum absolute atomic E-state index is 13.0. The second-order valence-electron chi connectivity index (χ2n) is 7.95. The van der Waals surface area contributed by atoms with Crippen LogP contribution < -0.4 is 15.5 Å². The summed E-state index contributed by atoms with van der Waals surface area (Å²) in [6.07, 6.45) is 0.145. The quantitative estimate of drug-likeness (QED) is 0.608. The smallest absolute Gasteiger partial charge is 0.362 e. The maximum Gasteiger partial charge on any atom is 0.417 e. The van der Waals surface area contributed by atoms with Gasteiger partial charge in [0.05, 0.1) is 10.6 Å². The first kappa shape index (κ1) is 26.0. The molecule has 176 valence electrons. The first-order chi connectivity index (χ1) is 14.5. The predicted molar refractivity (Wildman–Crippen MR) is 122 cm³/mol. The molecule has 0 aliphatic heterocycles. The lowest BCUT2D eigenvalue weighted by molar-refractivity contribution is -0.137. The van der Waals surface area contributed by atoms with Crippen LogP contribution in [0.1, 0.15) is 47.2 Å². The summed E-state index contributed by atoms with van der Waals surface area (Å²) in [5.41, 5.74) is -0.0796. The van der Waals surface area contributed by atoms with E-state index in [9.17, 15) is 18.0 Å². The lowest BCUT2D eigenvalue weighted by Gasteiger charge is -2.30. The first-order valence-electron chi connectivity index (χ1n) is 9.99. The fourth-order valence-electron chi connectivity index (χ4n) is 3.67. The summed E-state index contributed by atoms with van der Waals surface area (Å²) in [4.78, 5) is 23.2. The molecule has 0 radical (unpaired) electrons. The number of aromatic nitrogens is 2. The highest BCUT2D eigenvalue weighted by Gasteiger charge is 2.34. The van der Waals surface area contributed by atoms with Crippen LogP contribution in [-0.2, 0) is 6.18 Å². The number of carbonyl (C=O) groups is 1. The van der Waals surface area contributed by atoms with Crippen LogP contribution in [0.25, 0.3) is 0 Å². The van der Waals surface area contributed by atoms with Crippen LogP contribution in [0.4, 0.5) is 24.9 Å². The van der Waals surface area contributed by atoms with E-state index in [-0.39, 0.29) is 30.1 Å². The van der Waals surface area contributed by atoms with Gasteiger partial charge in [0.25, 0.3) is 5.91 Å². The Labute approximate surface area is 196 Å². The van der Waals surface area contributed by atoms with Gasteiger partial charge in [0.1, 0.15) is 5.82 Å². The number of nitrogens with one attached hydrogen (secondary N) is 2. The Hall–Kier alpha value is -2.26. The average molecular weight is 492 g/mol. The molecule has 11 heteroatoms. The van der Waals surface area contributed by atoms with E-state index in [2.05, 4.69) is 20.6 Å². The van der Waals surface area contributed by atoms with Gasteiger partial charge in [-0.1, -0.05) is 11.6 Å². The molecule has 0 unspecified atom stereocenters. The molecule has 3 rings (SSSR count). The van der Waals surface area contributed by atoms with Gasteiger partial charge < -0.3 is 15.5 Å². The van der Waals surface area contributed by atoms with Crippen molar-refractivity contribution in [3.8, 4) is 0 Å². The molecule has 6 nitrogen and oxygen atoms in total. The Kier molecular flexibility index (Phi) is 8.59. The Morgan fingerprint density at radius 2 is 1.78 bits per heavy atom. The molecule has 2 aromatic rings. The van der Waals surface area contributed by atoms with Gasteiger partial charge >= 0.3 is 6.18 Å². The van der Waals surface area contributed by atoms with E-state index in [0.29, 0.717) is 18.8 Å². The summed E-state index contributed by atoms with van der Waals surface area (Å²) < 4.78 is 39.1. The average Bonchev–Trinajstić information content (AvgIpc) is 2.70. The maximum atomic E-state index is 13.0. The van der Waals surface area contributed by atoms with Crippen molar-refractivity contribution in [1.82, 2.24) is 15.3 Å². The molecule has 0 bridgehead atoms. The van der Waals surface area contributed by atoms with Gasteiger partial charge in [0.15, 0.2) is 0 Å². The van der Waals surface area contributed by atoms with Crippen molar-refractivity contribution < 1.29 is 18.0 Å². The van der Waals surface area contributed by atoms with Crippen molar-refractivity contribution in [2.24, 2.45) is 0 Å². The van der Waals surface area contributed by atoms with Gasteiger partial charge in [0.2, 0.25) is 5.95 Å². The normalized spacial score (nSPS) is 18.5. The number of hydrogen-bond donors (Lipinski definition) is 2. The minimum Gasteiger partial charge on any atom is -0.362 e. The molecule has 2 N–H and O–H groups in total. The second kappa shape index (κ2) is 10.6. The largest absolute Gasteiger partial charge is 0.417 e. The number of alkyl halides is 3. The van der Waals surface area contributed by atoms with E-state index in [1.54, 1.807) is 6.20 Å². The summed E-state index contributed by atoms with van der Waals surface area (Å²) in [7, 11) is 3.84. The summed E-state index contributed by atoms with van der Waals surface area (Å²) in [5.74, 6) is 0.873. The van der Waals surface area contributed by atoms with Gasteiger partial charge in [0, 0.05) is 43.5 Å². The molecule has 1 amide bonds. The molecule has 0 spiro atoms. The van der Waals surface area contributed by atoms with Crippen LogP contribution in [0.5, 0.6) is 0 Å². The highest BCUT2D eigenvalue weighted by atomic mass is 35.5. The summed E-state index contributed by atoms with van der Waals surface area (Å²) in [6, 6.07) is 3.26. The van der Waals surface area contributed by atoms with Crippen molar-refractivity contribution in [3.05, 3.63) is 46.1 Å². The second-order valence-corrected chi connectivity index (χ2v) is 8.36. The molecule has 32 heavy (non-hydrogen) atoms. The molecule has 1 heterocycles. The third-order valence-electron chi connectivity index (χ3n) is 5.30. The minimum atomic E-state index is -4.61. The number of benzene rings is 1. The highest BCUT2D eigenvalue weighted by molar-refractivity contribution is 6.31. The molecule has 1 fully saturated rings. The lowest BCUT2D eigenvalue weighted by atomic mass is 9.91. The third kappa shape index (κ3) is 6.38. The molecular weight excluding hydrogens is 466 g/mol. The van der Waals surface area contributed by atoms with Gasteiger partial charge in [-0.05, 0) is 50.8 Å². The first-order valence-corrected chi connectivity index (χ1v) is 10.4. The van der Waals surface area contributed by atoms with Gasteiger partial charge in [-0.3, -0.25) is 4.79 Å². The summed E-state index contributed by atoms with van der Waals surface area (Å²) >= 11 is 5.62. The molecule has 0 atom stereocenters. The van der Waals surface area contributed by atoms with Crippen molar-refractivity contribution in [2.45, 2.75) is 50.9 Å². The SMILES string of the molecule is Cc1cnc(NC2CCC(NC(=O)c3ccc(Cl)c(C(F)(F)F)c3)CC2)nc1N(C)C.Cl. The zero-order valence-corrected chi connectivity index (χ0v) is 19.5. The predicted octanol–water partition coefficient (Wildman–Crippen LogP) is 5.10. The van der Waals surface area contributed by atoms with Crippen LogP contribution in [0, 0.1) is 6.92 Å². The molecule has 1 aromatic heterocycles. The lowest BCUT2D eigenvalue weighted by Crippen LogP contribution is -2.40. The molecule has 1 aliphatic rings. The van der Waals surface area contributed by atoms with Crippen LogP contribution in [0.2, 0.25) is 5.02 Å². The number of nitrogens with zero attached hydrogens (tertiary/aromatic N) is 3. The van der Waals surface area contributed by atoms with Crippen molar-refractivity contribution in [2.75, 3.05) is 24.3 Å². The van der Waals surface area contributed by atoms with Gasteiger partial charge in [-0.2, -0.15) is 18.2 Å². The molecule has 1 aromatic carbocycles. The van der Waals surface area contributed by atoms with E-state index in [0.717, 1.165) is 36.4 Å². The number of halogens is 5. The molecule has 0 saturated heterocycles. The molecule has 1 saturated carbocycles. The number of carbonyl (C=O) groups excluding carboxylic acids is 1. The fraction of sp³-hybridized carbons (Fsp3) is 0.476. The summed E-state index contributed by atoms with van der Waals surface area (Å²) in [5, 5.41) is 5.75. The minimum absolute atomic E-state index is 0. The van der Waals surface area contributed by atoms with Crippen LogP contribution in [0.15, 0.2) is 24.4 Å². The van der Waals surface area contributed by atoms with Crippen molar-refractivity contribution in [1.29, 1.82) is 0 Å². The Morgan fingerprint density at radius 3 is 2.38 bits per heavy atom. The number of rotatable bonds is 5. The van der Waals surface area contributed by atoms with Crippen molar-refractivity contribution in [3.63, 3.8) is 0 Å². The molecule has 1 aliphatic carbocycles. The summed E-state index contributed by atoms with van der Waals surface area (Å²) in [6.45, 7) is 1.95. The molecular formula is C21H26Cl2F3N5O.